The number of hydrogen-bond donors (Lipinski definition) is 0. The molecule has 0 amide bonds. The van der Waals surface area contributed by atoms with Gasteiger partial charge < -0.3 is 4.74 Å². The first-order chi connectivity index (χ1) is 34.3. The molecule has 0 saturated heterocycles. The molecule has 0 fully saturated rings. The van der Waals surface area contributed by atoms with Crippen LogP contribution in [0.25, 0.3) is 61.2 Å². The zero-order chi connectivity index (χ0) is 48.6. The van der Waals surface area contributed by atoms with Crippen LogP contribution in [0.4, 0.5) is 0 Å². The van der Waals surface area contributed by atoms with Crippen LogP contribution in [0, 0.1) is 10.7 Å². The molecular weight excluding hydrogens is 1050 g/mol. The van der Waals surface area contributed by atoms with Crippen molar-refractivity contribution < 1.29 is 28.8 Å². The van der Waals surface area contributed by atoms with Crippen molar-refractivity contribution in [2.75, 3.05) is 0 Å². The van der Waals surface area contributed by atoms with E-state index in [0.29, 0.717) is 0 Å². The van der Waals surface area contributed by atoms with E-state index in [-0.39, 0.29) is 10.8 Å². The maximum absolute atomic E-state index is 6.93. The second-order valence-corrected chi connectivity index (χ2v) is 22.3. The number of aryl methyl sites for hydroxylation is 1. The number of imidazole rings is 1. The summed E-state index contributed by atoms with van der Waals surface area (Å²) in [6.45, 7) is 15.9. The van der Waals surface area contributed by atoms with E-state index in [1.807, 2.05) is 12.3 Å². The molecule has 6 nitrogen and oxygen atoms in total. The standard InChI is InChI=1S/C64H52N4O2.Pt/c1-40-29-30-65-61(31-40)68-57-36-46(69-45-18-16-17-43(35-45)66-39-67(56-24-13-12-23-55(56)66)44-33-41(62(2,3)4)32-42(34-44)63(5,6)7)27-28-48(57)50-37-49-47-19-8-9-20-51(47)64(54(49)38-58(50)68)52-21-10-14-25-59(52)70-60-26-15-11-22-53(60)64;/h8-38H,1-7H3;. The molecule has 13 rings (SSSR count). The smallest absolute Gasteiger partial charge is 0.457 e. The van der Waals surface area contributed by atoms with Gasteiger partial charge in [0.05, 0.1) is 5.41 Å². The summed E-state index contributed by atoms with van der Waals surface area (Å²) in [6.07, 6.45) is 1.91. The minimum atomic E-state index is -0.597. The van der Waals surface area contributed by atoms with E-state index in [9.17, 15) is 0 Å². The van der Waals surface area contributed by atoms with Crippen molar-refractivity contribution in [3.05, 3.63) is 231 Å². The Bertz CT molecular complexity index is 4000. The van der Waals surface area contributed by atoms with E-state index in [2.05, 4.69) is 257 Å². The van der Waals surface area contributed by atoms with E-state index >= 15 is 0 Å². The molecule has 1 spiro atoms. The quantitative estimate of drug-likeness (QED) is 0.173. The topological polar surface area (TPSA) is 46.1 Å². The van der Waals surface area contributed by atoms with Crippen LogP contribution in [0.3, 0.4) is 0 Å². The molecule has 8 aromatic carbocycles. The maximum atomic E-state index is 6.93. The summed E-state index contributed by atoms with van der Waals surface area (Å²) in [5.41, 5.74) is 16.9. The molecule has 1 aliphatic heterocycles. The van der Waals surface area contributed by atoms with Crippen LogP contribution in [-0.2, 0) is 35.6 Å². The van der Waals surface area contributed by atoms with Crippen molar-refractivity contribution in [3.8, 4) is 51.3 Å². The molecule has 0 N–H and O–H groups in total. The third-order valence-corrected chi connectivity index (χ3v) is 15.8. The zero-order valence-corrected chi connectivity index (χ0v) is 43.1. The number of benzene rings is 8. The number of nitrogens with zero attached hydrogens (tertiary/aromatic N) is 4. The van der Waals surface area contributed by atoms with Gasteiger partial charge in [0.2, 0.25) is 0 Å². The van der Waals surface area contributed by atoms with Gasteiger partial charge in [-0.2, -0.15) is 0 Å². The van der Waals surface area contributed by atoms with Gasteiger partial charge in [0.25, 0.3) is 0 Å². The fourth-order valence-corrected chi connectivity index (χ4v) is 12.5. The summed E-state index contributed by atoms with van der Waals surface area (Å²) in [7, 11) is 0. The van der Waals surface area contributed by atoms with Crippen molar-refractivity contribution in [2.24, 2.45) is 0 Å². The molecular formula is C64H52N4O2Pt. The summed E-state index contributed by atoms with van der Waals surface area (Å²) in [4.78, 5) is 5.04. The number of para-hydroxylation sites is 4. The first-order valence-electron chi connectivity index (χ1n) is 24.4. The number of hydrogen-bond acceptors (Lipinski definition) is 3. The van der Waals surface area contributed by atoms with Crippen LogP contribution < -0.4 is 9.47 Å². The van der Waals surface area contributed by atoms with E-state index in [4.69, 9.17) is 14.5 Å². The average Bonchev–Trinajstić information content (AvgIpc) is 3.95. The van der Waals surface area contributed by atoms with Crippen molar-refractivity contribution in [3.63, 3.8) is 0 Å². The van der Waals surface area contributed by atoms with E-state index in [1.54, 1.807) is 0 Å². The average molecular weight is 1100 g/mol. The number of aromatic nitrogens is 4. The molecule has 0 saturated carbocycles. The third kappa shape index (κ3) is 6.64. The van der Waals surface area contributed by atoms with Gasteiger partial charge in [-0.05, 0) is 52.9 Å². The van der Waals surface area contributed by atoms with Crippen molar-refractivity contribution in [1.29, 1.82) is 0 Å². The fourth-order valence-electron chi connectivity index (χ4n) is 11.3. The minimum absolute atomic E-state index is 0.0140. The summed E-state index contributed by atoms with van der Waals surface area (Å²) in [6, 6.07) is 65.8. The van der Waals surface area contributed by atoms with Crippen LogP contribution in [-0.4, -0.2) is 18.7 Å². The Morgan fingerprint density at radius 1 is 0.479 bits per heavy atom. The first kappa shape index (κ1) is 43.5. The van der Waals surface area contributed by atoms with Crippen molar-refractivity contribution >= 4 is 32.8 Å². The van der Waals surface area contributed by atoms with Gasteiger partial charge >= 0.3 is 275 Å². The summed E-state index contributed by atoms with van der Waals surface area (Å²) >= 11 is 2.50. The summed E-state index contributed by atoms with van der Waals surface area (Å²) in [5, 5.41) is 2.28. The second-order valence-electron chi connectivity index (χ2n) is 21.3. The molecule has 0 radical (unpaired) electrons. The SMILES string of the molecule is Cc1ccnc(-n2c3cc(Oc4cccc(-n5[c](=[Pt])n(-c6cc(C(C)(C)C)cc(C(C)(C)C)c6)c6ccccc65)c4)ccc3c3cc4c(cc32)C2(c3ccccc3Oc3ccccc32)c2ccccc2-4)c1. The van der Waals surface area contributed by atoms with Gasteiger partial charge in [-0.1, -0.05) is 60.7 Å². The molecule has 4 heterocycles. The number of pyridine rings is 1. The molecule has 1 aliphatic carbocycles. The van der Waals surface area contributed by atoms with Crippen LogP contribution >= 0.6 is 0 Å². The summed E-state index contributed by atoms with van der Waals surface area (Å²) < 4.78 is 21.7. The Labute approximate surface area is 424 Å². The van der Waals surface area contributed by atoms with Gasteiger partial charge in [0.15, 0.2) is 0 Å². The molecule has 0 atom stereocenters. The van der Waals surface area contributed by atoms with Gasteiger partial charge in [0.1, 0.15) is 11.5 Å². The van der Waals surface area contributed by atoms with E-state index in [0.717, 1.165) is 93.5 Å². The Morgan fingerprint density at radius 2 is 1.08 bits per heavy atom. The molecule has 7 heteroatoms. The van der Waals surface area contributed by atoms with Crippen LogP contribution in [0.1, 0.15) is 80.5 Å². The predicted octanol–water partition coefficient (Wildman–Crippen LogP) is 16.2. The summed E-state index contributed by atoms with van der Waals surface area (Å²) in [5.74, 6) is 4.09. The Hall–Kier alpha value is -7.53. The Balaban J connectivity index is 0.971. The molecule has 3 aromatic heterocycles. The predicted molar refractivity (Wildman–Crippen MR) is 284 cm³/mol. The van der Waals surface area contributed by atoms with Crippen molar-refractivity contribution in [2.45, 2.75) is 64.7 Å². The second kappa shape index (κ2) is 15.7. The van der Waals surface area contributed by atoms with Gasteiger partial charge in [0, 0.05) is 17.3 Å². The van der Waals surface area contributed by atoms with Gasteiger partial charge in [-0.25, -0.2) is 0 Å². The molecule has 11 aromatic rings. The monoisotopic (exact) mass is 1100 g/mol. The molecule has 71 heavy (non-hydrogen) atoms. The van der Waals surface area contributed by atoms with E-state index < -0.39 is 5.41 Å². The zero-order valence-electron chi connectivity index (χ0n) is 40.8. The Morgan fingerprint density at radius 3 is 1.76 bits per heavy atom. The van der Waals surface area contributed by atoms with Gasteiger partial charge in [-0.15, -0.1) is 0 Å². The fraction of sp³-hybridized carbons (Fsp3) is 0.156. The number of rotatable bonds is 5. The van der Waals surface area contributed by atoms with Gasteiger partial charge in [-0.3, -0.25) is 0 Å². The minimum Gasteiger partial charge on any atom is -0.457 e. The van der Waals surface area contributed by atoms with E-state index in [1.165, 1.54) is 33.4 Å². The van der Waals surface area contributed by atoms with Crippen LogP contribution in [0.2, 0.25) is 0 Å². The Kier molecular flexibility index (Phi) is 9.64. The molecule has 2 aliphatic rings. The van der Waals surface area contributed by atoms with Crippen LogP contribution in [0.5, 0.6) is 23.0 Å². The molecule has 0 bridgehead atoms. The van der Waals surface area contributed by atoms with Crippen molar-refractivity contribution in [1.82, 2.24) is 18.7 Å². The van der Waals surface area contributed by atoms with Crippen LogP contribution in [0.15, 0.2) is 188 Å². The molecule has 350 valence electrons. The first-order valence-corrected chi connectivity index (χ1v) is 25.6. The molecule has 0 unspecified atom stereocenters. The number of ether oxygens (including phenoxy) is 2. The normalized spacial score (nSPS) is 13.6. The third-order valence-electron chi connectivity index (χ3n) is 14.8. The number of fused-ring (bicyclic) bond motifs is 13.